The molecule has 3 rings (SSSR count). The van der Waals surface area contributed by atoms with E-state index in [1.807, 2.05) is 6.07 Å². The van der Waals surface area contributed by atoms with Crippen molar-refractivity contribution in [1.29, 1.82) is 0 Å². The minimum absolute atomic E-state index is 0.764. The molecule has 1 N–H and O–H groups in total. The summed E-state index contributed by atoms with van der Waals surface area (Å²) >= 11 is 0. The van der Waals surface area contributed by atoms with Gasteiger partial charge in [0.2, 0.25) is 5.95 Å². The van der Waals surface area contributed by atoms with E-state index in [4.69, 9.17) is 14.7 Å². The molecule has 1 aromatic heterocycles. The molecule has 0 radical (unpaired) electrons. The Kier molecular flexibility index (Phi) is 8.95. The van der Waals surface area contributed by atoms with Crippen LogP contribution in [0.4, 0.5) is 11.8 Å². The molecule has 1 aromatic carbocycles. The Morgan fingerprint density at radius 3 is 2.47 bits per heavy atom. The number of nitrogens with zero attached hydrogens (tertiary/aromatic N) is 5. The SMILES string of the molecule is COc1cc2c(NCCCN(C)C)nc(N3CCCCC3)nc2cc1C#CCCN(C)C. The van der Waals surface area contributed by atoms with Crippen molar-refractivity contribution < 1.29 is 4.74 Å². The van der Waals surface area contributed by atoms with Crippen LogP contribution in [-0.4, -0.2) is 87.8 Å². The lowest BCUT2D eigenvalue weighted by Crippen LogP contribution is -2.31. The molecule has 7 nitrogen and oxygen atoms in total. The predicted molar refractivity (Wildman–Crippen MR) is 134 cm³/mol. The Morgan fingerprint density at radius 2 is 1.78 bits per heavy atom. The van der Waals surface area contributed by atoms with Crippen molar-refractivity contribution in [1.82, 2.24) is 19.8 Å². The first-order chi connectivity index (χ1) is 15.5. The summed E-state index contributed by atoms with van der Waals surface area (Å²) in [4.78, 5) is 16.5. The third-order valence-corrected chi connectivity index (χ3v) is 5.63. The molecule has 7 heteroatoms. The maximum atomic E-state index is 5.68. The fourth-order valence-corrected chi connectivity index (χ4v) is 3.82. The first-order valence-corrected chi connectivity index (χ1v) is 11.6. The van der Waals surface area contributed by atoms with Gasteiger partial charge in [-0.3, -0.25) is 0 Å². The number of hydrogen-bond acceptors (Lipinski definition) is 7. The lowest BCUT2D eigenvalue weighted by Gasteiger charge is -2.27. The van der Waals surface area contributed by atoms with E-state index in [1.165, 1.54) is 19.3 Å². The van der Waals surface area contributed by atoms with Gasteiger partial charge in [0.05, 0.1) is 18.2 Å². The minimum atomic E-state index is 0.764. The van der Waals surface area contributed by atoms with Gasteiger partial charge < -0.3 is 24.8 Å². The van der Waals surface area contributed by atoms with Gasteiger partial charge in [-0.1, -0.05) is 11.8 Å². The molecule has 0 amide bonds. The molecular weight excluding hydrogens is 400 g/mol. The second-order valence-corrected chi connectivity index (χ2v) is 8.93. The molecule has 32 heavy (non-hydrogen) atoms. The number of ether oxygens (including phenoxy) is 1. The zero-order chi connectivity index (χ0) is 22.9. The lowest BCUT2D eigenvalue weighted by atomic mass is 10.1. The Bertz CT molecular complexity index is 941. The van der Waals surface area contributed by atoms with Crippen LogP contribution < -0.4 is 15.0 Å². The molecule has 1 fully saturated rings. The molecule has 174 valence electrons. The molecule has 0 atom stereocenters. The van der Waals surface area contributed by atoms with E-state index < -0.39 is 0 Å². The molecule has 2 heterocycles. The number of nitrogens with one attached hydrogen (secondary N) is 1. The van der Waals surface area contributed by atoms with Gasteiger partial charge >= 0.3 is 0 Å². The summed E-state index contributed by atoms with van der Waals surface area (Å²) < 4.78 is 5.68. The Morgan fingerprint density at radius 1 is 1.03 bits per heavy atom. The molecule has 1 aliphatic rings. The summed E-state index contributed by atoms with van der Waals surface area (Å²) in [5.74, 6) is 9.01. The number of fused-ring (bicyclic) bond motifs is 1. The second kappa shape index (κ2) is 11.9. The number of piperidine rings is 1. The van der Waals surface area contributed by atoms with E-state index in [1.54, 1.807) is 7.11 Å². The number of aromatic nitrogens is 2. The van der Waals surface area contributed by atoms with Gasteiger partial charge in [0.15, 0.2) is 0 Å². The predicted octanol–water partition coefficient (Wildman–Crippen LogP) is 3.30. The first kappa shape index (κ1) is 24.1. The Balaban J connectivity index is 1.96. The molecule has 0 spiro atoms. The fourth-order valence-electron chi connectivity index (χ4n) is 3.82. The van der Waals surface area contributed by atoms with Gasteiger partial charge in [0, 0.05) is 38.0 Å². The van der Waals surface area contributed by atoms with E-state index >= 15 is 0 Å². The summed E-state index contributed by atoms with van der Waals surface area (Å²) in [6, 6.07) is 4.08. The smallest absolute Gasteiger partial charge is 0.227 e. The normalized spacial score (nSPS) is 14.0. The van der Waals surface area contributed by atoms with Crippen molar-refractivity contribution in [2.75, 3.05) is 78.2 Å². The highest BCUT2D eigenvalue weighted by molar-refractivity contribution is 5.92. The first-order valence-electron chi connectivity index (χ1n) is 11.6. The van der Waals surface area contributed by atoms with Crippen molar-refractivity contribution in [3.8, 4) is 17.6 Å². The van der Waals surface area contributed by atoms with Crippen molar-refractivity contribution >= 4 is 22.7 Å². The van der Waals surface area contributed by atoms with Crippen LogP contribution in [0.3, 0.4) is 0 Å². The van der Waals surface area contributed by atoms with E-state index in [-0.39, 0.29) is 0 Å². The van der Waals surface area contributed by atoms with Crippen LogP contribution in [0.5, 0.6) is 5.75 Å². The molecular formula is C25H38N6O. The number of anilines is 2. The monoisotopic (exact) mass is 438 g/mol. The molecule has 1 aliphatic heterocycles. The number of hydrogen-bond donors (Lipinski definition) is 1. The quantitative estimate of drug-likeness (QED) is 0.476. The molecule has 0 bridgehead atoms. The van der Waals surface area contributed by atoms with Crippen LogP contribution in [0.2, 0.25) is 0 Å². The standard InChI is InChI=1S/C25H38N6O/c1-29(2)14-10-7-12-20-18-22-21(19-23(20)32-5)24(26-13-11-15-30(3)4)28-25(27-22)31-16-8-6-9-17-31/h18-19H,6,8-11,13-17H2,1-5H3,(H,26,27,28). The topological polar surface area (TPSA) is 56.8 Å². The molecule has 0 aliphatic carbocycles. The molecule has 1 saturated heterocycles. The molecule has 0 unspecified atom stereocenters. The third-order valence-electron chi connectivity index (χ3n) is 5.63. The van der Waals surface area contributed by atoms with Gasteiger partial charge in [-0.15, -0.1) is 0 Å². The Labute approximate surface area is 193 Å². The zero-order valence-corrected chi connectivity index (χ0v) is 20.4. The lowest BCUT2D eigenvalue weighted by molar-refractivity contribution is 0.405. The van der Waals surface area contributed by atoms with Crippen molar-refractivity contribution in [3.05, 3.63) is 17.7 Å². The highest BCUT2D eigenvalue weighted by Gasteiger charge is 2.18. The maximum absolute atomic E-state index is 5.68. The van der Waals surface area contributed by atoms with Gasteiger partial charge in [0.25, 0.3) is 0 Å². The van der Waals surface area contributed by atoms with Gasteiger partial charge in [-0.2, -0.15) is 4.98 Å². The van der Waals surface area contributed by atoms with E-state index in [9.17, 15) is 0 Å². The fraction of sp³-hybridized carbons (Fsp3) is 0.600. The van der Waals surface area contributed by atoms with E-state index in [2.05, 4.69) is 66.1 Å². The van der Waals surface area contributed by atoms with Crippen LogP contribution in [0.15, 0.2) is 12.1 Å². The third kappa shape index (κ3) is 6.72. The number of rotatable bonds is 9. The summed E-state index contributed by atoms with van der Waals surface area (Å²) in [5, 5.41) is 4.53. The molecule has 0 saturated carbocycles. The summed E-state index contributed by atoms with van der Waals surface area (Å²) in [6.45, 7) is 4.85. The van der Waals surface area contributed by atoms with Crippen LogP contribution >= 0.6 is 0 Å². The van der Waals surface area contributed by atoms with E-state index in [0.29, 0.717) is 0 Å². The largest absolute Gasteiger partial charge is 0.495 e. The number of methoxy groups -OCH3 is 1. The van der Waals surface area contributed by atoms with Gasteiger partial charge in [0.1, 0.15) is 11.6 Å². The average Bonchev–Trinajstić information content (AvgIpc) is 2.79. The number of benzene rings is 1. The highest BCUT2D eigenvalue weighted by atomic mass is 16.5. The minimum Gasteiger partial charge on any atom is -0.495 e. The molecule has 2 aromatic rings. The highest BCUT2D eigenvalue weighted by Crippen LogP contribution is 2.31. The van der Waals surface area contributed by atoms with Crippen LogP contribution in [0, 0.1) is 11.8 Å². The van der Waals surface area contributed by atoms with Crippen LogP contribution in [0.1, 0.15) is 37.7 Å². The zero-order valence-electron chi connectivity index (χ0n) is 20.4. The summed E-state index contributed by atoms with van der Waals surface area (Å²) in [7, 11) is 10.0. The van der Waals surface area contributed by atoms with Gasteiger partial charge in [-0.25, -0.2) is 4.98 Å². The van der Waals surface area contributed by atoms with Crippen LogP contribution in [0.25, 0.3) is 10.9 Å². The van der Waals surface area contributed by atoms with Crippen molar-refractivity contribution in [3.63, 3.8) is 0 Å². The van der Waals surface area contributed by atoms with Crippen molar-refractivity contribution in [2.24, 2.45) is 0 Å². The summed E-state index contributed by atoms with van der Waals surface area (Å²) in [6.07, 6.45) is 5.53. The van der Waals surface area contributed by atoms with Crippen LogP contribution in [-0.2, 0) is 0 Å². The summed E-state index contributed by atoms with van der Waals surface area (Å²) in [5.41, 5.74) is 1.79. The van der Waals surface area contributed by atoms with Crippen molar-refractivity contribution in [2.45, 2.75) is 32.1 Å². The van der Waals surface area contributed by atoms with E-state index in [0.717, 1.165) is 79.5 Å². The van der Waals surface area contributed by atoms with Gasteiger partial charge in [-0.05, 0) is 72.6 Å². The average molecular weight is 439 g/mol. The maximum Gasteiger partial charge on any atom is 0.227 e. The Hall–Kier alpha value is -2.56. The second-order valence-electron chi connectivity index (χ2n) is 8.93.